The van der Waals surface area contributed by atoms with Crippen molar-refractivity contribution in [2.45, 2.75) is 59.6 Å². The van der Waals surface area contributed by atoms with Crippen LogP contribution in [0.5, 0.6) is 0 Å². The maximum Gasteiger partial charge on any atom is 0.282 e. The van der Waals surface area contributed by atoms with Gasteiger partial charge >= 0.3 is 0 Å². The van der Waals surface area contributed by atoms with Crippen molar-refractivity contribution in [1.82, 2.24) is 9.78 Å². The number of nitrogens with zero attached hydrogens (tertiary/aromatic N) is 2. The fourth-order valence-electron chi connectivity index (χ4n) is 2.03. The van der Waals surface area contributed by atoms with Crippen molar-refractivity contribution in [2.24, 2.45) is 0 Å². The summed E-state index contributed by atoms with van der Waals surface area (Å²) >= 11 is 0. The first-order chi connectivity index (χ1) is 8.61. The van der Waals surface area contributed by atoms with Crippen LogP contribution in [0.3, 0.4) is 0 Å². The van der Waals surface area contributed by atoms with Crippen molar-refractivity contribution < 1.29 is 13.5 Å². The van der Waals surface area contributed by atoms with Gasteiger partial charge in [-0.15, -0.1) is 0 Å². The highest BCUT2D eigenvalue weighted by molar-refractivity contribution is 5.24. The summed E-state index contributed by atoms with van der Waals surface area (Å²) in [5.41, 5.74) is 1.23. The molecule has 0 amide bonds. The third kappa shape index (κ3) is 3.07. The highest BCUT2D eigenvalue weighted by Gasteiger charge is 2.24. The molecule has 104 valence electrons. The van der Waals surface area contributed by atoms with E-state index in [1.807, 2.05) is 20.8 Å². The first-order valence-corrected chi connectivity index (χ1v) is 6.56. The molecular weight excluding hydrogens is 238 g/mol. The Morgan fingerprint density at radius 1 is 1.28 bits per heavy atom. The smallest absolute Gasteiger partial charge is 0.282 e. The monoisotopic (exact) mass is 260 g/mol. The van der Waals surface area contributed by atoms with E-state index in [-0.39, 0.29) is 11.9 Å². The van der Waals surface area contributed by atoms with Crippen LogP contribution in [0, 0.1) is 13.8 Å². The quantitative estimate of drug-likeness (QED) is 0.798. The summed E-state index contributed by atoms with van der Waals surface area (Å²) in [4.78, 5) is 0. The zero-order valence-corrected chi connectivity index (χ0v) is 11.5. The van der Waals surface area contributed by atoms with Crippen molar-refractivity contribution in [3.63, 3.8) is 0 Å². The van der Waals surface area contributed by atoms with E-state index in [0.717, 1.165) is 25.0 Å². The molecule has 0 bridgehead atoms. The number of hydrogen-bond donors (Lipinski definition) is 0. The van der Waals surface area contributed by atoms with Crippen LogP contribution in [0.1, 0.15) is 62.7 Å². The minimum absolute atomic E-state index is 0.119. The molecule has 1 fully saturated rings. The molecule has 1 atom stereocenters. The van der Waals surface area contributed by atoms with E-state index in [1.54, 1.807) is 11.6 Å². The van der Waals surface area contributed by atoms with Gasteiger partial charge in [0.25, 0.3) is 6.43 Å². The largest absolute Gasteiger partial charge is 0.357 e. The van der Waals surface area contributed by atoms with Crippen molar-refractivity contribution in [3.05, 3.63) is 17.0 Å². The lowest BCUT2D eigenvalue weighted by molar-refractivity contribution is -0.0413. The molecule has 1 aliphatic rings. The lowest BCUT2D eigenvalue weighted by atomic mass is 10.2. The SMILES string of the molecule is CC.Cc1c(C(F)F)nn(C2CCCCO2)c1C. The molecule has 0 spiro atoms. The molecule has 2 rings (SSSR count). The Morgan fingerprint density at radius 3 is 2.39 bits per heavy atom. The molecule has 1 aliphatic heterocycles. The topological polar surface area (TPSA) is 27.1 Å². The van der Waals surface area contributed by atoms with Gasteiger partial charge in [-0.05, 0) is 38.7 Å². The molecule has 1 aromatic rings. The summed E-state index contributed by atoms with van der Waals surface area (Å²) < 4.78 is 32.5. The zero-order valence-electron chi connectivity index (χ0n) is 11.5. The van der Waals surface area contributed by atoms with Crippen molar-refractivity contribution in [2.75, 3.05) is 6.61 Å². The number of aromatic nitrogens is 2. The molecule has 5 heteroatoms. The van der Waals surface area contributed by atoms with Gasteiger partial charge in [-0.2, -0.15) is 5.10 Å². The minimum atomic E-state index is -2.51. The molecule has 18 heavy (non-hydrogen) atoms. The Labute approximate surface area is 107 Å². The van der Waals surface area contributed by atoms with Crippen molar-refractivity contribution in [1.29, 1.82) is 0 Å². The maximum atomic E-state index is 12.7. The van der Waals surface area contributed by atoms with Crippen LogP contribution < -0.4 is 0 Å². The molecule has 3 nitrogen and oxygen atoms in total. The Kier molecular flexibility index (Phi) is 5.72. The number of alkyl halides is 2. The van der Waals surface area contributed by atoms with Crippen LogP contribution in [-0.4, -0.2) is 16.4 Å². The first kappa shape index (κ1) is 15.1. The van der Waals surface area contributed by atoms with Crippen LogP contribution in [0.15, 0.2) is 0 Å². The molecule has 0 radical (unpaired) electrons. The summed E-state index contributed by atoms with van der Waals surface area (Å²) in [5.74, 6) is 0. The van der Waals surface area contributed by atoms with Gasteiger partial charge in [0, 0.05) is 12.3 Å². The Hall–Kier alpha value is -0.970. The lowest BCUT2D eigenvalue weighted by Gasteiger charge is -2.24. The third-order valence-corrected chi connectivity index (χ3v) is 3.12. The molecule has 1 unspecified atom stereocenters. The number of ether oxygens (including phenoxy) is 1. The summed E-state index contributed by atoms with van der Waals surface area (Å²) in [5, 5.41) is 3.97. The Balaban J connectivity index is 0.000000771. The van der Waals surface area contributed by atoms with E-state index < -0.39 is 6.43 Å². The number of hydrogen-bond acceptors (Lipinski definition) is 2. The summed E-state index contributed by atoms with van der Waals surface area (Å²) in [6.45, 7) is 8.18. The highest BCUT2D eigenvalue weighted by Crippen LogP contribution is 2.29. The van der Waals surface area contributed by atoms with Crippen LogP contribution in [-0.2, 0) is 4.74 Å². The minimum Gasteiger partial charge on any atom is -0.357 e. The average Bonchev–Trinajstić information content (AvgIpc) is 2.70. The summed E-state index contributed by atoms with van der Waals surface area (Å²) in [6.07, 6.45) is 0.276. The molecule has 1 saturated heterocycles. The van der Waals surface area contributed by atoms with Crippen molar-refractivity contribution >= 4 is 0 Å². The van der Waals surface area contributed by atoms with E-state index in [0.29, 0.717) is 12.2 Å². The van der Waals surface area contributed by atoms with Crippen LogP contribution in [0.4, 0.5) is 8.78 Å². The van der Waals surface area contributed by atoms with E-state index in [4.69, 9.17) is 4.74 Å². The standard InChI is InChI=1S/C11H16F2N2O.C2H6/c1-7-8(2)15(14-10(7)11(12)13)9-5-3-4-6-16-9;1-2/h9,11H,3-6H2,1-2H3;1-2H3. The third-order valence-electron chi connectivity index (χ3n) is 3.12. The first-order valence-electron chi connectivity index (χ1n) is 6.56. The normalized spacial score (nSPS) is 19.6. The second kappa shape index (κ2) is 6.83. The van der Waals surface area contributed by atoms with E-state index in [9.17, 15) is 8.78 Å². The van der Waals surface area contributed by atoms with E-state index >= 15 is 0 Å². The van der Waals surface area contributed by atoms with Crippen LogP contribution in [0.25, 0.3) is 0 Å². The van der Waals surface area contributed by atoms with Gasteiger partial charge in [0.1, 0.15) is 11.9 Å². The second-order valence-corrected chi connectivity index (χ2v) is 4.16. The fourth-order valence-corrected chi connectivity index (χ4v) is 2.03. The van der Waals surface area contributed by atoms with E-state index in [1.165, 1.54) is 0 Å². The average molecular weight is 260 g/mol. The summed E-state index contributed by atoms with van der Waals surface area (Å²) in [6, 6.07) is 0. The van der Waals surface area contributed by atoms with Crippen LogP contribution in [0.2, 0.25) is 0 Å². The van der Waals surface area contributed by atoms with Gasteiger partial charge in [0.2, 0.25) is 0 Å². The van der Waals surface area contributed by atoms with Crippen molar-refractivity contribution in [3.8, 4) is 0 Å². The maximum absolute atomic E-state index is 12.7. The zero-order chi connectivity index (χ0) is 13.7. The second-order valence-electron chi connectivity index (χ2n) is 4.16. The molecular formula is C13H22F2N2O. The van der Waals surface area contributed by atoms with E-state index in [2.05, 4.69) is 5.10 Å². The fraction of sp³-hybridized carbons (Fsp3) is 0.769. The number of rotatable bonds is 2. The number of halogens is 2. The predicted octanol–water partition coefficient (Wildman–Crippen LogP) is 4.16. The van der Waals surface area contributed by atoms with Gasteiger partial charge in [-0.3, -0.25) is 0 Å². The van der Waals surface area contributed by atoms with Crippen LogP contribution >= 0.6 is 0 Å². The predicted molar refractivity (Wildman–Crippen MR) is 66.8 cm³/mol. The van der Waals surface area contributed by atoms with Gasteiger partial charge in [-0.1, -0.05) is 13.8 Å². The molecule has 0 aromatic carbocycles. The van der Waals surface area contributed by atoms with Gasteiger partial charge in [0.05, 0.1) is 0 Å². The Morgan fingerprint density at radius 2 is 1.94 bits per heavy atom. The van der Waals surface area contributed by atoms with Gasteiger partial charge < -0.3 is 4.74 Å². The highest BCUT2D eigenvalue weighted by atomic mass is 19.3. The molecule has 0 aliphatic carbocycles. The lowest BCUT2D eigenvalue weighted by Crippen LogP contribution is -2.20. The molecule has 2 heterocycles. The van der Waals surface area contributed by atoms with Gasteiger partial charge in [-0.25, -0.2) is 13.5 Å². The molecule has 0 saturated carbocycles. The van der Waals surface area contributed by atoms with Gasteiger partial charge in [0.15, 0.2) is 0 Å². The summed E-state index contributed by atoms with van der Waals surface area (Å²) in [7, 11) is 0. The molecule has 0 N–H and O–H groups in total. The molecule has 1 aromatic heterocycles. The Bertz CT molecular complexity index is 371.